The van der Waals surface area contributed by atoms with Gasteiger partial charge in [0.15, 0.2) is 5.82 Å². The molecule has 1 aliphatic carbocycles. The van der Waals surface area contributed by atoms with Crippen LogP contribution in [0.25, 0.3) is 78.1 Å². The number of aromatic nitrogens is 2. The average molecular weight is 653 g/mol. The summed E-state index contributed by atoms with van der Waals surface area (Å²) in [5, 5.41) is 2.24. The number of para-hydroxylation sites is 1. The standard InChI is InChI=1S/C48H32N2O/c1-48(35-18-6-3-7-19-35)40-23-10-8-20-37(40)38-27-26-34(29-41(38)48)43-30-42(49-47(50-43)31-14-4-2-5-15-31)33-17-12-16-32(28-33)36-22-13-25-45-46(36)39-21-9-11-24-44(39)51-45/h2-30H,1H3. The maximum absolute atomic E-state index is 6.23. The summed E-state index contributed by atoms with van der Waals surface area (Å²) in [6.45, 7) is 2.35. The molecule has 0 radical (unpaired) electrons. The number of nitrogens with zero attached hydrogens (tertiary/aromatic N) is 2. The van der Waals surface area contributed by atoms with Gasteiger partial charge in [-0.15, -0.1) is 0 Å². The van der Waals surface area contributed by atoms with Gasteiger partial charge in [0.05, 0.1) is 11.4 Å². The first kappa shape index (κ1) is 29.3. The number of fused-ring (bicyclic) bond motifs is 6. The Balaban J connectivity index is 1.15. The molecule has 3 nitrogen and oxygen atoms in total. The largest absolute Gasteiger partial charge is 0.456 e. The minimum absolute atomic E-state index is 0.298. The molecule has 7 aromatic carbocycles. The van der Waals surface area contributed by atoms with Gasteiger partial charge in [-0.1, -0.05) is 146 Å². The molecule has 1 atom stereocenters. The summed E-state index contributed by atoms with van der Waals surface area (Å²) in [4.78, 5) is 10.4. The molecule has 2 heterocycles. The van der Waals surface area contributed by atoms with E-state index in [0.29, 0.717) is 5.82 Å². The molecule has 0 amide bonds. The average Bonchev–Trinajstić information content (AvgIpc) is 3.72. The van der Waals surface area contributed by atoms with Gasteiger partial charge in [-0.3, -0.25) is 0 Å². The van der Waals surface area contributed by atoms with E-state index in [0.717, 1.165) is 61.1 Å². The first-order valence-corrected chi connectivity index (χ1v) is 17.4. The molecule has 51 heavy (non-hydrogen) atoms. The molecule has 0 aliphatic heterocycles. The van der Waals surface area contributed by atoms with Crippen molar-refractivity contribution < 1.29 is 4.42 Å². The molecule has 0 saturated heterocycles. The molecule has 0 saturated carbocycles. The molecule has 0 bridgehead atoms. The number of hydrogen-bond acceptors (Lipinski definition) is 3. The zero-order valence-corrected chi connectivity index (χ0v) is 28.0. The molecule has 3 heteroatoms. The van der Waals surface area contributed by atoms with E-state index in [4.69, 9.17) is 14.4 Å². The summed E-state index contributed by atoms with van der Waals surface area (Å²) >= 11 is 0. The third kappa shape index (κ3) is 4.66. The van der Waals surface area contributed by atoms with Gasteiger partial charge in [0.25, 0.3) is 0 Å². The van der Waals surface area contributed by atoms with Gasteiger partial charge in [0, 0.05) is 32.9 Å². The van der Waals surface area contributed by atoms with E-state index >= 15 is 0 Å². The number of furan rings is 1. The monoisotopic (exact) mass is 652 g/mol. The van der Waals surface area contributed by atoms with Crippen molar-refractivity contribution in [1.82, 2.24) is 9.97 Å². The normalized spacial score (nSPS) is 14.8. The Morgan fingerprint density at radius 1 is 0.431 bits per heavy atom. The Hall–Kier alpha value is -6.58. The van der Waals surface area contributed by atoms with Crippen LogP contribution in [0.5, 0.6) is 0 Å². The van der Waals surface area contributed by atoms with Gasteiger partial charge in [0.1, 0.15) is 11.2 Å². The van der Waals surface area contributed by atoms with Crippen LogP contribution in [0.15, 0.2) is 180 Å². The summed E-state index contributed by atoms with van der Waals surface area (Å²) in [5.41, 5.74) is 15.0. The van der Waals surface area contributed by atoms with E-state index in [2.05, 4.69) is 146 Å². The van der Waals surface area contributed by atoms with Gasteiger partial charge in [-0.25, -0.2) is 9.97 Å². The lowest BCUT2D eigenvalue weighted by molar-refractivity contribution is 0.669. The van der Waals surface area contributed by atoms with Gasteiger partial charge < -0.3 is 4.42 Å². The first-order valence-electron chi connectivity index (χ1n) is 17.4. The van der Waals surface area contributed by atoms with E-state index in [-0.39, 0.29) is 5.41 Å². The first-order chi connectivity index (χ1) is 25.1. The molecule has 9 aromatic rings. The van der Waals surface area contributed by atoms with Crippen LogP contribution < -0.4 is 0 Å². The maximum atomic E-state index is 6.23. The van der Waals surface area contributed by atoms with Crippen LogP contribution in [0, 0.1) is 0 Å². The maximum Gasteiger partial charge on any atom is 0.160 e. The lowest BCUT2D eigenvalue weighted by Gasteiger charge is -2.28. The lowest BCUT2D eigenvalue weighted by Crippen LogP contribution is -2.22. The number of rotatable bonds is 5. The fourth-order valence-electron chi connectivity index (χ4n) is 8.05. The van der Waals surface area contributed by atoms with E-state index in [9.17, 15) is 0 Å². The highest BCUT2D eigenvalue weighted by atomic mass is 16.3. The van der Waals surface area contributed by atoms with Gasteiger partial charge in [-0.05, 0) is 76.2 Å². The Morgan fingerprint density at radius 3 is 1.88 bits per heavy atom. The molecule has 1 unspecified atom stereocenters. The fraction of sp³-hybridized carbons (Fsp3) is 0.0417. The smallest absolute Gasteiger partial charge is 0.160 e. The summed E-state index contributed by atoms with van der Waals surface area (Å²) in [5.74, 6) is 0.700. The quantitative estimate of drug-likeness (QED) is 0.186. The van der Waals surface area contributed by atoms with Crippen molar-refractivity contribution in [3.05, 3.63) is 193 Å². The van der Waals surface area contributed by atoms with Crippen molar-refractivity contribution in [2.24, 2.45) is 0 Å². The zero-order valence-electron chi connectivity index (χ0n) is 28.0. The molecule has 240 valence electrons. The minimum Gasteiger partial charge on any atom is -0.456 e. The summed E-state index contributed by atoms with van der Waals surface area (Å²) in [6, 6.07) is 62.1. The second kappa shape index (κ2) is 11.5. The van der Waals surface area contributed by atoms with Crippen LogP contribution in [0.3, 0.4) is 0 Å². The molecule has 2 aromatic heterocycles. The van der Waals surface area contributed by atoms with Crippen LogP contribution in [-0.4, -0.2) is 9.97 Å². The van der Waals surface area contributed by atoms with E-state index in [1.54, 1.807) is 0 Å². The summed E-state index contributed by atoms with van der Waals surface area (Å²) in [7, 11) is 0. The Morgan fingerprint density at radius 2 is 1.04 bits per heavy atom. The zero-order chi connectivity index (χ0) is 33.9. The number of hydrogen-bond donors (Lipinski definition) is 0. The van der Waals surface area contributed by atoms with E-state index in [1.165, 1.54) is 27.8 Å². The SMILES string of the molecule is CC1(c2ccccc2)c2ccccc2-c2ccc(-c3cc(-c4cccc(-c5cccc6oc7ccccc7c56)c4)nc(-c4ccccc4)n3)cc21. The van der Waals surface area contributed by atoms with Crippen molar-refractivity contribution in [2.45, 2.75) is 12.3 Å². The van der Waals surface area contributed by atoms with Gasteiger partial charge in [-0.2, -0.15) is 0 Å². The van der Waals surface area contributed by atoms with Gasteiger partial charge >= 0.3 is 0 Å². The molecule has 1 aliphatic rings. The van der Waals surface area contributed by atoms with Gasteiger partial charge in [0.2, 0.25) is 0 Å². The van der Waals surface area contributed by atoms with Crippen molar-refractivity contribution in [2.75, 3.05) is 0 Å². The third-order valence-corrected chi connectivity index (χ3v) is 10.6. The molecular weight excluding hydrogens is 621 g/mol. The Bertz CT molecular complexity index is 2760. The second-order valence-electron chi connectivity index (χ2n) is 13.5. The topological polar surface area (TPSA) is 38.9 Å². The van der Waals surface area contributed by atoms with Crippen molar-refractivity contribution in [3.8, 4) is 56.2 Å². The molecule has 0 N–H and O–H groups in total. The predicted molar refractivity (Wildman–Crippen MR) is 208 cm³/mol. The van der Waals surface area contributed by atoms with Crippen LogP contribution in [0.2, 0.25) is 0 Å². The molecular formula is C48H32N2O. The fourth-order valence-corrected chi connectivity index (χ4v) is 8.05. The van der Waals surface area contributed by atoms with E-state index < -0.39 is 0 Å². The lowest BCUT2D eigenvalue weighted by atomic mass is 9.74. The van der Waals surface area contributed by atoms with Crippen LogP contribution in [0.1, 0.15) is 23.6 Å². The summed E-state index contributed by atoms with van der Waals surface area (Å²) in [6.07, 6.45) is 0. The highest BCUT2D eigenvalue weighted by molar-refractivity contribution is 6.12. The second-order valence-corrected chi connectivity index (χ2v) is 13.5. The van der Waals surface area contributed by atoms with Crippen LogP contribution in [0.4, 0.5) is 0 Å². The Kier molecular flexibility index (Phi) is 6.62. The Labute approximate surface area is 296 Å². The van der Waals surface area contributed by atoms with Crippen LogP contribution >= 0.6 is 0 Å². The van der Waals surface area contributed by atoms with E-state index in [1.807, 2.05) is 36.4 Å². The highest BCUT2D eigenvalue weighted by Crippen LogP contribution is 2.53. The minimum atomic E-state index is -0.298. The van der Waals surface area contributed by atoms with Crippen molar-refractivity contribution in [3.63, 3.8) is 0 Å². The highest BCUT2D eigenvalue weighted by Gasteiger charge is 2.40. The number of benzene rings is 7. The van der Waals surface area contributed by atoms with Crippen LogP contribution in [-0.2, 0) is 5.41 Å². The van der Waals surface area contributed by atoms with Crippen molar-refractivity contribution in [1.29, 1.82) is 0 Å². The van der Waals surface area contributed by atoms with Crippen molar-refractivity contribution >= 4 is 21.9 Å². The third-order valence-electron chi connectivity index (χ3n) is 10.6. The molecule has 10 rings (SSSR count). The summed E-state index contributed by atoms with van der Waals surface area (Å²) < 4.78 is 6.23. The predicted octanol–water partition coefficient (Wildman–Crippen LogP) is 12.4. The molecule has 0 fully saturated rings. The molecule has 0 spiro atoms.